The van der Waals surface area contributed by atoms with Crippen molar-refractivity contribution in [2.24, 2.45) is 0 Å². The highest BCUT2D eigenvalue weighted by molar-refractivity contribution is 5.86. The smallest absolute Gasteiger partial charge is 0.423 e. The number of aromatic amines is 1. The van der Waals surface area contributed by atoms with Crippen LogP contribution in [0.2, 0.25) is 0 Å². The lowest BCUT2D eigenvalue weighted by molar-refractivity contribution is -0.140. The summed E-state index contributed by atoms with van der Waals surface area (Å²) < 4.78 is 46.5. The SMILES string of the molecule is [C-]#[N+]c1ccc2[nH]cc(CCCN3CCN(c4nc(C(F)(F)F)c(-c5ccccc5)o4)CC3)c2c1. The van der Waals surface area contributed by atoms with E-state index in [4.69, 9.17) is 11.0 Å². The number of benzene rings is 2. The summed E-state index contributed by atoms with van der Waals surface area (Å²) in [4.78, 5) is 14.7. The summed E-state index contributed by atoms with van der Waals surface area (Å²) in [5, 5.41) is 1.09. The van der Waals surface area contributed by atoms with Gasteiger partial charge in [-0.25, -0.2) is 4.85 Å². The average Bonchev–Trinajstić information content (AvgIpc) is 3.50. The highest BCUT2D eigenvalue weighted by Gasteiger charge is 2.40. The molecule has 0 bridgehead atoms. The molecule has 2 aromatic carbocycles. The van der Waals surface area contributed by atoms with E-state index >= 15 is 0 Å². The van der Waals surface area contributed by atoms with E-state index < -0.39 is 11.9 Å². The number of rotatable bonds is 6. The number of aromatic nitrogens is 2. The minimum Gasteiger partial charge on any atom is -0.423 e. The van der Waals surface area contributed by atoms with Gasteiger partial charge in [-0.3, -0.25) is 4.90 Å². The lowest BCUT2D eigenvalue weighted by atomic mass is 10.1. The minimum absolute atomic E-state index is 0.0187. The predicted molar refractivity (Wildman–Crippen MR) is 128 cm³/mol. The second-order valence-electron chi connectivity index (χ2n) is 8.63. The van der Waals surface area contributed by atoms with Crippen molar-refractivity contribution in [3.05, 3.63) is 77.4 Å². The molecule has 180 valence electrons. The van der Waals surface area contributed by atoms with Gasteiger partial charge in [-0.1, -0.05) is 36.4 Å². The molecule has 1 saturated heterocycles. The Morgan fingerprint density at radius 3 is 2.54 bits per heavy atom. The molecule has 5 rings (SSSR count). The van der Waals surface area contributed by atoms with E-state index in [0.717, 1.165) is 43.4 Å². The van der Waals surface area contributed by atoms with Crippen LogP contribution >= 0.6 is 0 Å². The molecule has 1 aliphatic rings. The Morgan fingerprint density at radius 2 is 1.83 bits per heavy atom. The number of hydrogen-bond donors (Lipinski definition) is 1. The van der Waals surface area contributed by atoms with Gasteiger partial charge < -0.3 is 14.3 Å². The molecule has 35 heavy (non-hydrogen) atoms. The molecule has 4 aromatic rings. The largest absolute Gasteiger partial charge is 0.437 e. The molecule has 0 atom stereocenters. The van der Waals surface area contributed by atoms with Gasteiger partial charge in [0.15, 0.2) is 17.1 Å². The standard InChI is InChI=1S/C26H24F3N5O/c1-30-20-9-10-22-21(16-20)19(17-31-22)8-5-11-33-12-14-34(15-13-33)25-32-24(26(27,28)29)23(35-25)18-6-3-2-4-7-18/h2-4,6-7,9-10,16-17,31H,5,8,11-15H2. The van der Waals surface area contributed by atoms with Crippen molar-refractivity contribution in [3.8, 4) is 11.3 Å². The molecule has 6 nitrogen and oxygen atoms in total. The number of fused-ring (bicyclic) bond motifs is 1. The Morgan fingerprint density at radius 1 is 1.06 bits per heavy atom. The van der Waals surface area contributed by atoms with E-state index in [2.05, 4.69) is 19.7 Å². The van der Waals surface area contributed by atoms with Gasteiger partial charge in [0.2, 0.25) is 0 Å². The molecule has 0 radical (unpaired) electrons. The number of piperazine rings is 1. The third-order valence-corrected chi connectivity index (χ3v) is 6.36. The lowest BCUT2D eigenvalue weighted by Crippen LogP contribution is -2.46. The van der Waals surface area contributed by atoms with E-state index in [9.17, 15) is 13.2 Å². The third kappa shape index (κ3) is 4.88. The van der Waals surface area contributed by atoms with Crippen molar-refractivity contribution in [2.45, 2.75) is 19.0 Å². The van der Waals surface area contributed by atoms with Gasteiger partial charge in [0.05, 0.1) is 6.57 Å². The number of oxazole rings is 1. The second-order valence-corrected chi connectivity index (χ2v) is 8.63. The topological polar surface area (TPSA) is 52.7 Å². The first-order valence-corrected chi connectivity index (χ1v) is 11.5. The van der Waals surface area contributed by atoms with Crippen LogP contribution in [-0.2, 0) is 12.6 Å². The van der Waals surface area contributed by atoms with Crippen molar-refractivity contribution in [1.82, 2.24) is 14.9 Å². The maximum atomic E-state index is 13.6. The molecule has 2 aromatic heterocycles. The summed E-state index contributed by atoms with van der Waals surface area (Å²) in [6, 6.07) is 14.0. The number of hydrogen-bond acceptors (Lipinski definition) is 4. The fourth-order valence-electron chi connectivity index (χ4n) is 4.52. The van der Waals surface area contributed by atoms with E-state index in [-0.39, 0.29) is 11.8 Å². The summed E-state index contributed by atoms with van der Waals surface area (Å²) in [6.07, 6.45) is -0.754. The Kier molecular flexibility index (Phi) is 6.22. The number of nitrogens with one attached hydrogen (secondary N) is 1. The van der Waals surface area contributed by atoms with Crippen LogP contribution in [0.5, 0.6) is 0 Å². The van der Waals surface area contributed by atoms with Crippen LogP contribution in [0.4, 0.5) is 24.9 Å². The third-order valence-electron chi connectivity index (χ3n) is 6.36. The lowest BCUT2D eigenvalue weighted by Gasteiger charge is -2.33. The van der Waals surface area contributed by atoms with Gasteiger partial charge in [0.1, 0.15) is 0 Å². The molecule has 3 heterocycles. The van der Waals surface area contributed by atoms with E-state index in [0.29, 0.717) is 24.3 Å². The van der Waals surface area contributed by atoms with Gasteiger partial charge in [0, 0.05) is 43.5 Å². The molecule has 9 heteroatoms. The van der Waals surface area contributed by atoms with Crippen LogP contribution in [0.15, 0.2) is 59.1 Å². The van der Waals surface area contributed by atoms with Gasteiger partial charge in [0.25, 0.3) is 6.01 Å². The number of anilines is 1. The van der Waals surface area contributed by atoms with Crippen molar-refractivity contribution >= 4 is 22.6 Å². The number of halogens is 3. The molecule has 0 saturated carbocycles. The molecule has 0 unspecified atom stereocenters. The van der Waals surface area contributed by atoms with E-state index in [1.807, 2.05) is 24.4 Å². The first kappa shape index (κ1) is 23.0. The van der Waals surface area contributed by atoms with Crippen LogP contribution in [0.1, 0.15) is 17.7 Å². The van der Waals surface area contributed by atoms with Crippen molar-refractivity contribution in [2.75, 3.05) is 37.6 Å². The predicted octanol–water partition coefficient (Wildman–Crippen LogP) is 6.15. The Bertz CT molecular complexity index is 1350. The van der Waals surface area contributed by atoms with Crippen molar-refractivity contribution < 1.29 is 17.6 Å². The van der Waals surface area contributed by atoms with Gasteiger partial charge >= 0.3 is 6.18 Å². The summed E-state index contributed by atoms with van der Waals surface area (Å²) in [6.45, 7) is 10.6. The summed E-state index contributed by atoms with van der Waals surface area (Å²) in [5.74, 6) is -0.240. The minimum atomic E-state index is -4.59. The first-order valence-electron chi connectivity index (χ1n) is 11.5. The monoisotopic (exact) mass is 479 g/mol. The second kappa shape index (κ2) is 9.47. The van der Waals surface area contributed by atoms with Crippen LogP contribution in [-0.4, -0.2) is 47.6 Å². The van der Waals surface area contributed by atoms with Gasteiger partial charge in [-0.05, 0) is 42.5 Å². The van der Waals surface area contributed by atoms with Gasteiger partial charge in [-0.2, -0.15) is 18.2 Å². The average molecular weight is 480 g/mol. The van der Waals surface area contributed by atoms with Gasteiger partial charge in [-0.15, -0.1) is 0 Å². The molecular formula is C26H24F3N5O. The number of alkyl halides is 3. The van der Waals surface area contributed by atoms with Crippen molar-refractivity contribution in [1.29, 1.82) is 0 Å². The zero-order chi connectivity index (χ0) is 24.4. The normalized spacial score (nSPS) is 15.0. The molecule has 1 aliphatic heterocycles. The zero-order valence-corrected chi connectivity index (χ0v) is 19.0. The molecule has 1 fully saturated rings. The summed E-state index contributed by atoms with van der Waals surface area (Å²) in [7, 11) is 0. The molecule has 0 amide bonds. The van der Waals surface area contributed by atoms with E-state index in [1.165, 1.54) is 5.56 Å². The number of aryl methyl sites for hydroxylation is 1. The maximum absolute atomic E-state index is 13.6. The Labute approximate surface area is 200 Å². The molecule has 0 spiro atoms. The quantitative estimate of drug-likeness (QED) is 0.337. The van der Waals surface area contributed by atoms with Crippen molar-refractivity contribution in [3.63, 3.8) is 0 Å². The first-order chi connectivity index (χ1) is 16.9. The van der Waals surface area contributed by atoms with Crippen LogP contribution in [0, 0.1) is 6.57 Å². The summed E-state index contributed by atoms with van der Waals surface area (Å²) >= 11 is 0. The fraction of sp³-hybridized carbons (Fsp3) is 0.308. The van der Waals surface area contributed by atoms with Crippen LogP contribution < -0.4 is 4.90 Å². The molecule has 1 N–H and O–H groups in total. The molecular weight excluding hydrogens is 455 g/mol. The molecule has 0 aliphatic carbocycles. The number of nitrogens with zero attached hydrogens (tertiary/aromatic N) is 4. The maximum Gasteiger partial charge on any atom is 0.437 e. The van der Waals surface area contributed by atoms with Crippen LogP contribution in [0.25, 0.3) is 27.1 Å². The Balaban J connectivity index is 1.20. The summed E-state index contributed by atoms with van der Waals surface area (Å²) in [5.41, 5.74) is 2.22. The van der Waals surface area contributed by atoms with E-state index in [1.54, 1.807) is 35.2 Å². The Hall–Kier alpha value is -3.77. The number of H-pyrrole nitrogens is 1. The highest BCUT2D eigenvalue weighted by atomic mass is 19.4. The fourth-order valence-corrected chi connectivity index (χ4v) is 4.52. The van der Waals surface area contributed by atoms with Crippen LogP contribution in [0.3, 0.4) is 0 Å². The highest BCUT2D eigenvalue weighted by Crippen LogP contribution is 2.39. The zero-order valence-electron chi connectivity index (χ0n) is 19.0.